The first kappa shape index (κ1) is 16.2. The molecule has 1 aromatic carbocycles. The molecule has 0 aliphatic heterocycles. The highest BCUT2D eigenvalue weighted by atomic mass is 32.1. The molecule has 4 nitrogen and oxygen atoms in total. The van der Waals surface area contributed by atoms with Crippen molar-refractivity contribution < 1.29 is 9.59 Å². The SMILES string of the molecule is CCCc1ccc(NC(=O)CCNC(=O)c2cccs2)cc1. The van der Waals surface area contributed by atoms with Gasteiger partial charge in [-0.25, -0.2) is 0 Å². The second-order valence-corrected chi connectivity index (χ2v) is 5.93. The van der Waals surface area contributed by atoms with Crippen LogP contribution in [-0.2, 0) is 11.2 Å². The number of thiophene rings is 1. The van der Waals surface area contributed by atoms with E-state index in [1.54, 1.807) is 6.07 Å². The first-order valence-electron chi connectivity index (χ1n) is 7.39. The molecule has 0 aliphatic rings. The normalized spacial score (nSPS) is 10.2. The second-order valence-electron chi connectivity index (χ2n) is 4.98. The van der Waals surface area contributed by atoms with Crippen molar-refractivity contribution in [3.05, 3.63) is 52.2 Å². The largest absolute Gasteiger partial charge is 0.351 e. The van der Waals surface area contributed by atoms with E-state index in [1.165, 1.54) is 16.9 Å². The van der Waals surface area contributed by atoms with Gasteiger partial charge in [0.25, 0.3) is 5.91 Å². The van der Waals surface area contributed by atoms with Crippen LogP contribution in [0.2, 0.25) is 0 Å². The van der Waals surface area contributed by atoms with Gasteiger partial charge in [-0.3, -0.25) is 9.59 Å². The van der Waals surface area contributed by atoms with Crippen molar-refractivity contribution in [2.24, 2.45) is 0 Å². The molecule has 2 rings (SSSR count). The number of carbonyl (C=O) groups excluding carboxylic acids is 2. The lowest BCUT2D eigenvalue weighted by Gasteiger charge is -2.07. The van der Waals surface area contributed by atoms with Gasteiger partial charge in [-0.1, -0.05) is 31.5 Å². The van der Waals surface area contributed by atoms with Crippen molar-refractivity contribution in [1.82, 2.24) is 5.32 Å². The van der Waals surface area contributed by atoms with E-state index < -0.39 is 0 Å². The van der Waals surface area contributed by atoms with Gasteiger partial charge in [-0.15, -0.1) is 11.3 Å². The van der Waals surface area contributed by atoms with Gasteiger partial charge in [0.2, 0.25) is 5.91 Å². The van der Waals surface area contributed by atoms with Gasteiger partial charge >= 0.3 is 0 Å². The van der Waals surface area contributed by atoms with Crippen molar-refractivity contribution >= 4 is 28.8 Å². The summed E-state index contributed by atoms with van der Waals surface area (Å²) in [5.74, 6) is -0.235. The fourth-order valence-electron chi connectivity index (χ4n) is 2.05. The first-order valence-corrected chi connectivity index (χ1v) is 8.27. The van der Waals surface area contributed by atoms with Gasteiger partial charge in [0.15, 0.2) is 0 Å². The Morgan fingerprint density at radius 2 is 1.91 bits per heavy atom. The summed E-state index contributed by atoms with van der Waals surface area (Å²) in [6.45, 7) is 2.47. The molecule has 0 fully saturated rings. The van der Waals surface area contributed by atoms with Gasteiger partial charge in [-0.2, -0.15) is 0 Å². The van der Waals surface area contributed by atoms with Crippen LogP contribution >= 0.6 is 11.3 Å². The third kappa shape index (κ3) is 5.00. The van der Waals surface area contributed by atoms with E-state index in [0.29, 0.717) is 11.4 Å². The van der Waals surface area contributed by atoms with Gasteiger partial charge in [0.05, 0.1) is 4.88 Å². The number of amides is 2. The molecule has 1 aromatic heterocycles. The average Bonchev–Trinajstić information content (AvgIpc) is 3.04. The maximum atomic E-state index is 11.8. The summed E-state index contributed by atoms with van der Waals surface area (Å²) in [6.07, 6.45) is 2.41. The Morgan fingerprint density at radius 3 is 2.55 bits per heavy atom. The third-order valence-corrected chi connectivity index (χ3v) is 4.03. The predicted molar refractivity (Wildman–Crippen MR) is 90.3 cm³/mol. The molecule has 0 saturated carbocycles. The van der Waals surface area contributed by atoms with E-state index in [9.17, 15) is 9.59 Å². The molecule has 5 heteroatoms. The number of nitrogens with one attached hydrogen (secondary N) is 2. The highest BCUT2D eigenvalue weighted by molar-refractivity contribution is 7.12. The number of aryl methyl sites for hydroxylation is 1. The van der Waals surface area contributed by atoms with Crippen LogP contribution < -0.4 is 10.6 Å². The molecule has 2 aromatic rings. The Balaban J connectivity index is 1.72. The van der Waals surface area contributed by atoms with Crippen LogP contribution in [0.25, 0.3) is 0 Å². The zero-order valence-electron chi connectivity index (χ0n) is 12.6. The van der Waals surface area contributed by atoms with Crippen LogP contribution in [0.5, 0.6) is 0 Å². The minimum Gasteiger partial charge on any atom is -0.351 e. The van der Waals surface area contributed by atoms with Gasteiger partial charge in [0.1, 0.15) is 0 Å². The first-order chi connectivity index (χ1) is 10.7. The number of carbonyl (C=O) groups is 2. The van der Waals surface area contributed by atoms with Crippen LogP contribution in [0.3, 0.4) is 0 Å². The fraction of sp³-hybridized carbons (Fsp3) is 0.294. The smallest absolute Gasteiger partial charge is 0.261 e. The minimum absolute atomic E-state index is 0.102. The third-order valence-electron chi connectivity index (χ3n) is 3.16. The zero-order chi connectivity index (χ0) is 15.8. The Hall–Kier alpha value is -2.14. The van der Waals surface area contributed by atoms with E-state index in [-0.39, 0.29) is 18.2 Å². The van der Waals surface area contributed by atoms with Crippen molar-refractivity contribution in [3.8, 4) is 0 Å². The van der Waals surface area contributed by atoms with Crippen LogP contribution in [-0.4, -0.2) is 18.4 Å². The molecule has 0 aliphatic carbocycles. The second kappa shape index (κ2) is 8.34. The lowest BCUT2D eigenvalue weighted by Crippen LogP contribution is -2.27. The van der Waals surface area contributed by atoms with Crippen molar-refractivity contribution in [2.45, 2.75) is 26.2 Å². The van der Waals surface area contributed by atoms with Gasteiger partial charge in [-0.05, 0) is 35.6 Å². The van der Waals surface area contributed by atoms with Crippen molar-refractivity contribution in [3.63, 3.8) is 0 Å². The van der Waals surface area contributed by atoms with Crippen molar-refractivity contribution in [2.75, 3.05) is 11.9 Å². The molecular formula is C17H20N2O2S. The standard InChI is InChI=1S/C17H20N2O2S/c1-2-4-13-6-8-14(9-7-13)19-16(20)10-11-18-17(21)15-5-3-12-22-15/h3,5-9,12H,2,4,10-11H2,1H3,(H,18,21)(H,19,20). The Bertz CT molecular complexity index is 606. The number of hydrogen-bond donors (Lipinski definition) is 2. The highest BCUT2D eigenvalue weighted by Gasteiger charge is 2.07. The molecular weight excluding hydrogens is 296 g/mol. The number of hydrogen-bond acceptors (Lipinski definition) is 3. The quantitative estimate of drug-likeness (QED) is 0.822. The molecule has 2 amide bonds. The molecule has 22 heavy (non-hydrogen) atoms. The molecule has 1 heterocycles. The van der Waals surface area contributed by atoms with Gasteiger partial charge in [0, 0.05) is 18.7 Å². The van der Waals surface area contributed by atoms with Crippen LogP contribution in [0.15, 0.2) is 41.8 Å². The maximum Gasteiger partial charge on any atom is 0.261 e. The summed E-state index contributed by atoms with van der Waals surface area (Å²) in [5.41, 5.74) is 2.05. The lowest BCUT2D eigenvalue weighted by atomic mass is 10.1. The summed E-state index contributed by atoms with van der Waals surface area (Å²) in [4.78, 5) is 24.2. The highest BCUT2D eigenvalue weighted by Crippen LogP contribution is 2.11. The molecule has 116 valence electrons. The molecule has 0 saturated heterocycles. The number of benzene rings is 1. The summed E-state index contributed by atoms with van der Waals surface area (Å²) < 4.78 is 0. The monoisotopic (exact) mass is 316 g/mol. The topological polar surface area (TPSA) is 58.2 Å². The average molecular weight is 316 g/mol. The molecule has 0 unspecified atom stereocenters. The van der Waals surface area contributed by atoms with Crippen molar-refractivity contribution in [1.29, 1.82) is 0 Å². The Kier molecular flexibility index (Phi) is 6.15. The van der Waals surface area contributed by atoms with Crippen LogP contribution in [0.1, 0.15) is 35.0 Å². The molecule has 0 bridgehead atoms. The van der Waals surface area contributed by atoms with Gasteiger partial charge < -0.3 is 10.6 Å². The summed E-state index contributed by atoms with van der Waals surface area (Å²) >= 11 is 1.39. The predicted octanol–water partition coefficient (Wildman–Crippen LogP) is 3.46. The lowest BCUT2D eigenvalue weighted by molar-refractivity contribution is -0.116. The van der Waals surface area contributed by atoms with E-state index in [2.05, 4.69) is 17.6 Å². The van der Waals surface area contributed by atoms with E-state index in [0.717, 1.165) is 18.5 Å². The summed E-state index contributed by atoms with van der Waals surface area (Å²) in [7, 11) is 0. The zero-order valence-corrected chi connectivity index (χ0v) is 13.4. The molecule has 0 atom stereocenters. The Morgan fingerprint density at radius 1 is 1.14 bits per heavy atom. The Labute approximate surface area is 134 Å². The molecule has 0 radical (unpaired) electrons. The van der Waals surface area contributed by atoms with E-state index in [1.807, 2.05) is 35.7 Å². The summed E-state index contributed by atoms with van der Waals surface area (Å²) in [5, 5.41) is 7.42. The minimum atomic E-state index is -0.133. The molecule has 0 spiro atoms. The fourth-order valence-corrected chi connectivity index (χ4v) is 2.69. The van der Waals surface area contributed by atoms with Crippen LogP contribution in [0.4, 0.5) is 5.69 Å². The van der Waals surface area contributed by atoms with E-state index in [4.69, 9.17) is 0 Å². The maximum absolute atomic E-state index is 11.8. The van der Waals surface area contributed by atoms with Crippen LogP contribution in [0, 0.1) is 0 Å². The molecule has 2 N–H and O–H groups in total. The number of anilines is 1. The van der Waals surface area contributed by atoms with E-state index >= 15 is 0 Å². The number of rotatable bonds is 7. The summed E-state index contributed by atoms with van der Waals surface area (Å²) in [6, 6.07) is 11.5.